The third-order valence-corrected chi connectivity index (χ3v) is 6.60. The van der Waals surface area contributed by atoms with Gasteiger partial charge in [0.25, 0.3) is 5.56 Å². The van der Waals surface area contributed by atoms with E-state index in [1.807, 2.05) is 0 Å². The van der Waals surface area contributed by atoms with Crippen molar-refractivity contribution < 1.29 is 8.42 Å². The van der Waals surface area contributed by atoms with Crippen molar-refractivity contribution in [1.82, 2.24) is 18.8 Å². The van der Waals surface area contributed by atoms with Crippen LogP contribution < -0.4 is 16.6 Å². The fourth-order valence-electron chi connectivity index (χ4n) is 3.33. The zero-order valence-electron chi connectivity index (χ0n) is 13.1. The SMILES string of the molecule is Cl.Cn1cc(S(=O)(=O)N2CCC3(CCNC3)C2)c(=O)n(C)c1=O. The molecule has 0 aromatic carbocycles. The van der Waals surface area contributed by atoms with Crippen LogP contribution in [-0.2, 0) is 24.1 Å². The number of nitrogens with zero attached hydrogens (tertiary/aromatic N) is 3. The van der Waals surface area contributed by atoms with E-state index in [0.29, 0.717) is 13.1 Å². The summed E-state index contributed by atoms with van der Waals surface area (Å²) in [5, 5.41) is 3.27. The lowest BCUT2D eigenvalue weighted by atomic mass is 9.87. The number of rotatable bonds is 2. The normalized spacial score (nSPS) is 25.0. The number of aromatic nitrogens is 2. The van der Waals surface area contributed by atoms with Gasteiger partial charge in [0.05, 0.1) is 0 Å². The molecule has 0 radical (unpaired) electrons. The van der Waals surface area contributed by atoms with E-state index in [9.17, 15) is 18.0 Å². The molecule has 3 rings (SSSR count). The highest BCUT2D eigenvalue weighted by Gasteiger charge is 2.45. The first-order valence-electron chi connectivity index (χ1n) is 7.24. The average molecular weight is 365 g/mol. The molecule has 130 valence electrons. The Kier molecular flexibility index (Phi) is 4.78. The molecular weight excluding hydrogens is 344 g/mol. The molecule has 2 fully saturated rings. The molecule has 8 nitrogen and oxygen atoms in total. The molecule has 1 aromatic heterocycles. The van der Waals surface area contributed by atoms with Crippen molar-refractivity contribution in [2.75, 3.05) is 26.2 Å². The van der Waals surface area contributed by atoms with E-state index in [1.54, 1.807) is 0 Å². The van der Waals surface area contributed by atoms with Crippen LogP contribution in [0.5, 0.6) is 0 Å². The molecule has 3 heterocycles. The lowest BCUT2D eigenvalue weighted by Crippen LogP contribution is -2.42. The van der Waals surface area contributed by atoms with Crippen LogP contribution in [0.15, 0.2) is 20.7 Å². The maximum atomic E-state index is 12.8. The molecule has 1 spiro atoms. The van der Waals surface area contributed by atoms with E-state index in [4.69, 9.17) is 0 Å². The van der Waals surface area contributed by atoms with Crippen LogP contribution in [0.2, 0.25) is 0 Å². The van der Waals surface area contributed by atoms with Gasteiger partial charge in [0.15, 0.2) is 4.90 Å². The molecule has 1 N–H and O–H groups in total. The third-order valence-electron chi connectivity index (χ3n) is 4.77. The number of hydrogen-bond acceptors (Lipinski definition) is 5. The van der Waals surface area contributed by atoms with E-state index in [-0.39, 0.29) is 22.7 Å². The van der Waals surface area contributed by atoms with Crippen molar-refractivity contribution >= 4 is 22.4 Å². The Morgan fingerprint density at radius 1 is 1.22 bits per heavy atom. The van der Waals surface area contributed by atoms with Gasteiger partial charge in [0, 0.05) is 39.9 Å². The molecule has 2 saturated heterocycles. The molecule has 0 amide bonds. The monoisotopic (exact) mass is 364 g/mol. The van der Waals surface area contributed by atoms with E-state index < -0.39 is 21.3 Å². The zero-order chi connectivity index (χ0) is 16.1. The standard InChI is InChI=1S/C13H20N4O4S.ClH/c1-15-7-10(11(18)16(2)12(15)19)22(20,21)17-6-4-13(9-17)3-5-14-8-13;/h7,14H,3-6,8-9H2,1-2H3;1H. The summed E-state index contributed by atoms with van der Waals surface area (Å²) < 4.78 is 28.9. The Labute approximate surface area is 140 Å². The second kappa shape index (κ2) is 6.04. The van der Waals surface area contributed by atoms with Gasteiger partial charge in [-0.2, -0.15) is 4.31 Å². The highest BCUT2D eigenvalue weighted by atomic mass is 35.5. The Hall–Kier alpha value is -1.16. The Bertz CT molecular complexity index is 823. The number of halogens is 1. The summed E-state index contributed by atoms with van der Waals surface area (Å²) in [7, 11) is -1.16. The quantitative estimate of drug-likeness (QED) is 0.717. The molecule has 2 aliphatic heterocycles. The summed E-state index contributed by atoms with van der Waals surface area (Å²) in [4.78, 5) is 23.6. The second-order valence-corrected chi connectivity index (χ2v) is 8.17. The van der Waals surface area contributed by atoms with Crippen molar-refractivity contribution in [3.05, 3.63) is 27.0 Å². The number of nitrogens with one attached hydrogen (secondary N) is 1. The number of sulfonamides is 1. The molecule has 0 bridgehead atoms. The largest absolute Gasteiger partial charge is 0.330 e. The van der Waals surface area contributed by atoms with Crippen LogP contribution in [-0.4, -0.2) is 48.0 Å². The van der Waals surface area contributed by atoms with Crippen molar-refractivity contribution in [2.45, 2.75) is 17.7 Å². The van der Waals surface area contributed by atoms with Crippen LogP contribution in [0.25, 0.3) is 0 Å². The summed E-state index contributed by atoms with van der Waals surface area (Å²) in [6.45, 7) is 2.55. The van der Waals surface area contributed by atoms with Crippen LogP contribution in [0.1, 0.15) is 12.8 Å². The molecule has 1 unspecified atom stereocenters. The van der Waals surface area contributed by atoms with Crippen molar-refractivity contribution in [3.8, 4) is 0 Å². The van der Waals surface area contributed by atoms with Crippen molar-refractivity contribution in [2.24, 2.45) is 19.5 Å². The minimum Gasteiger partial charge on any atom is -0.316 e. The Morgan fingerprint density at radius 3 is 2.52 bits per heavy atom. The highest BCUT2D eigenvalue weighted by Crippen LogP contribution is 2.37. The first-order valence-corrected chi connectivity index (χ1v) is 8.68. The predicted molar refractivity (Wildman–Crippen MR) is 87.5 cm³/mol. The summed E-state index contributed by atoms with van der Waals surface area (Å²) in [5.41, 5.74) is -1.32. The lowest BCUT2D eigenvalue weighted by molar-refractivity contribution is 0.337. The van der Waals surface area contributed by atoms with Gasteiger partial charge < -0.3 is 9.88 Å². The van der Waals surface area contributed by atoms with Crippen LogP contribution in [0.3, 0.4) is 0 Å². The predicted octanol–water partition coefficient (Wildman–Crippen LogP) is -1.12. The van der Waals surface area contributed by atoms with E-state index in [1.165, 1.54) is 18.4 Å². The molecule has 1 aromatic rings. The summed E-state index contributed by atoms with van der Waals surface area (Å²) in [6, 6.07) is 0. The third kappa shape index (κ3) is 2.86. The lowest BCUT2D eigenvalue weighted by Gasteiger charge is -2.22. The van der Waals surface area contributed by atoms with Gasteiger partial charge in [0.2, 0.25) is 10.0 Å². The molecule has 1 atom stereocenters. The molecule has 0 saturated carbocycles. The highest BCUT2D eigenvalue weighted by molar-refractivity contribution is 7.89. The zero-order valence-corrected chi connectivity index (χ0v) is 14.7. The van der Waals surface area contributed by atoms with Gasteiger partial charge >= 0.3 is 5.69 Å². The van der Waals surface area contributed by atoms with Crippen molar-refractivity contribution in [3.63, 3.8) is 0 Å². The summed E-state index contributed by atoms with van der Waals surface area (Å²) >= 11 is 0. The van der Waals surface area contributed by atoms with Crippen LogP contribution in [0.4, 0.5) is 0 Å². The molecular formula is C13H21ClN4O4S. The molecule has 10 heteroatoms. The fraction of sp³-hybridized carbons (Fsp3) is 0.692. The van der Waals surface area contributed by atoms with Gasteiger partial charge in [0.1, 0.15) is 0 Å². The van der Waals surface area contributed by atoms with Crippen LogP contribution in [0, 0.1) is 5.41 Å². The van der Waals surface area contributed by atoms with Gasteiger partial charge in [-0.1, -0.05) is 0 Å². The topological polar surface area (TPSA) is 93.4 Å². The van der Waals surface area contributed by atoms with Gasteiger partial charge in [-0.15, -0.1) is 12.4 Å². The smallest absolute Gasteiger partial charge is 0.316 e. The Morgan fingerprint density at radius 2 is 1.91 bits per heavy atom. The fourth-order valence-corrected chi connectivity index (χ4v) is 5.04. The maximum absolute atomic E-state index is 12.8. The first kappa shape index (κ1) is 18.2. The number of aryl methyl sites for hydroxylation is 1. The maximum Gasteiger partial charge on any atom is 0.330 e. The minimum absolute atomic E-state index is 0. The van der Waals surface area contributed by atoms with Crippen molar-refractivity contribution in [1.29, 1.82) is 0 Å². The molecule has 0 aliphatic carbocycles. The summed E-state index contributed by atoms with van der Waals surface area (Å²) in [6.07, 6.45) is 2.87. The minimum atomic E-state index is -3.88. The molecule has 23 heavy (non-hydrogen) atoms. The van der Waals surface area contributed by atoms with Gasteiger partial charge in [-0.25, -0.2) is 13.2 Å². The van der Waals surface area contributed by atoms with E-state index >= 15 is 0 Å². The average Bonchev–Trinajstić information content (AvgIpc) is 3.11. The van der Waals surface area contributed by atoms with Gasteiger partial charge in [-0.3, -0.25) is 9.36 Å². The second-order valence-electron chi connectivity index (χ2n) is 6.27. The first-order chi connectivity index (χ1) is 10.3. The summed E-state index contributed by atoms with van der Waals surface area (Å²) in [5.74, 6) is 0. The van der Waals surface area contributed by atoms with Crippen LogP contribution >= 0.6 is 12.4 Å². The molecule has 2 aliphatic rings. The van der Waals surface area contributed by atoms with Gasteiger partial charge in [-0.05, 0) is 24.8 Å². The number of hydrogen-bond donors (Lipinski definition) is 1. The van der Waals surface area contributed by atoms with E-state index in [0.717, 1.165) is 41.3 Å². The van der Waals surface area contributed by atoms with E-state index in [2.05, 4.69) is 5.32 Å². The Balaban J connectivity index is 0.00000192.